The highest BCUT2D eigenvalue weighted by Gasteiger charge is 2.13. The van der Waals surface area contributed by atoms with E-state index in [0.29, 0.717) is 24.4 Å². The van der Waals surface area contributed by atoms with Gasteiger partial charge in [0.25, 0.3) is 0 Å². The summed E-state index contributed by atoms with van der Waals surface area (Å²) < 4.78 is 5.50. The van der Waals surface area contributed by atoms with Gasteiger partial charge in [-0.15, -0.1) is 0 Å². The van der Waals surface area contributed by atoms with Crippen molar-refractivity contribution in [2.24, 2.45) is 5.92 Å². The Morgan fingerprint density at radius 2 is 1.94 bits per heavy atom. The molecule has 0 amide bonds. The van der Waals surface area contributed by atoms with Crippen LogP contribution in [0, 0.1) is 5.92 Å². The van der Waals surface area contributed by atoms with Crippen LogP contribution in [0.3, 0.4) is 0 Å². The van der Waals surface area contributed by atoms with E-state index in [2.05, 4.69) is 43.0 Å². The lowest BCUT2D eigenvalue weighted by Gasteiger charge is -2.23. The van der Waals surface area contributed by atoms with Crippen molar-refractivity contribution in [2.45, 2.75) is 53.0 Å². The first-order chi connectivity index (χ1) is 8.71. The Kier molecular flexibility index (Phi) is 6.47. The van der Waals surface area contributed by atoms with Gasteiger partial charge in [0.2, 0.25) is 5.88 Å². The number of nitrogens with one attached hydrogen (secondary N) is 1. The molecule has 18 heavy (non-hydrogen) atoms. The molecule has 1 aromatic heterocycles. The number of aromatic nitrogens is 2. The summed E-state index contributed by atoms with van der Waals surface area (Å²) >= 11 is 0. The normalized spacial score (nSPS) is 12.5. The number of rotatable bonds is 8. The maximum absolute atomic E-state index is 5.50. The van der Waals surface area contributed by atoms with Crippen molar-refractivity contribution in [1.82, 2.24) is 9.97 Å². The minimum absolute atomic E-state index is 0.411. The van der Waals surface area contributed by atoms with E-state index in [1.54, 1.807) is 6.33 Å². The van der Waals surface area contributed by atoms with Crippen LogP contribution in [-0.2, 0) is 0 Å². The Morgan fingerprint density at radius 1 is 1.22 bits per heavy atom. The summed E-state index contributed by atoms with van der Waals surface area (Å²) in [5, 5.41) is 3.43. The third kappa shape index (κ3) is 4.51. The maximum Gasteiger partial charge on any atom is 0.218 e. The van der Waals surface area contributed by atoms with Crippen LogP contribution in [0.1, 0.15) is 47.0 Å². The Labute approximate surface area is 110 Å². The average Bonchev–Trinajstić information content (AvgIpc) is 2.38. The molecule has 1 atom stereocenters. The Hall–Kier alpha value is -1.32. The molecule has 0 radical (unpaired) electrons. The summed E-state index contributed by atoms with van der Waals surface area (Å²) in [6, 6.07) is 2.28. The van der Waals surface area contributed by atoms with Crippen LogP contribution >= 0.6 is 0 Å². The quantitative estimate of drug-likeness (QED) is 0.768. The molecule has 0 aliphatic rings. The fourth-order valence-corrected chi connectivity index (χ4v) is 2.05. The molecule has 0 aliphatic heterocycles. The first-order valence-corrected chi connectivity index (χ1v) is 6.92. The zero-order chi connectivity index (χ0) is 13.4. The van der Waals surface area contributed by atoms with Crippen molar-refractivity contribution in [2.75, 3.05) is 11.9 Å². The van der Waals surface area contributed by atoms with E-state index in [1.807, 2.05) is 6.07 Å². The fourth-order valence-electron chi connectivity index (χ4n) is 2.05. The predicted octanol–water partition coefficient (Wildman–Crippen LogP) is 3.50. The molecule has 0 saturated carbocycles. The standard InChI is InChI=1S/C14H25N3O/c1-5-8-18-14-9-13(15-10-16-14)17-11(4)12(6-2)7-3/h9-12H,5-8H2,1-4H3,(H,15,16,17). The van der Waals surface area contributed by atoms with Gasteiger partial charge in [0.15, 0.2) is 0 Å². The van der Waals surface area contributed by atoms with E-state index in [1.165, 1.54) is 12.8 Å². The molecule has 0 saturated heterocycles. The Balaban J connectivity index is 2.60. The van der Waals surface area contributed by atoms with Gasteiger partial charge in [-0.1, -0.05) is 33.6 Å². The van der Waals surface area contributed by atoms with Crippen LogP contribution < -0.4 is 10.1 Å². The fraction of sp³-hybridized carbons (Fsp3) is 0.714. The minimum atomic E-state index is 0.411. The zero-order valence-electron chi connectivity index (χ0n) is 11.9. The van der Waals surface area contributed by atoms with Gasteiger partial charge in [0.05, 0.1) is 6.61 Å². The second-order valence-corrected chi connectivity index (χ2v) is 4.60. The van der Waals surface area contributed by atoms with Gasteiger partial charge in [0, 0.05) is 12.1 Å². The molecule has 1 N–H and O–H groups in total. The molecule has 0 bridgehead atoms. The summed E-state index contributed by atoms with van der Waals surface area (Å²) in [7, 11) is 0. The van der Waals surface area contributed by atoms with E-state index in [0.717, 1.165) is 12.2 Å². The van der Waals surface area contributed by atoms with Gasteiger partial charge in [0.1, 0.15) is 12.1 Å². The number of anilines is 1. The van der Waals surface area contributed by atoms with E-state index in [4.69, 9.17) is 4.74 Å². The Bertz CT molecular complexity index is 340. The minimum Gasteiger partial charge on any atom is -0.478 e. The predicted molar refractivity (Wildman–Crippen MR) is 75.0 cm³/mol. The van der Waals surface area contributed by atoms with Gasteiger partial charge in [-0.25, -0.2) is 9.97 Å². The van der Waals surface area contributed by atoms with Crippen LogP contribution in [0.5, 0.6) is 5.88 Å². The summed E-state index contributed by atoms with van der Waals surface area (Å²) in [6.07, 6.45) is 4.88. The molecular formula is C14H25N3O. The SMILES string of the molecule is CCCOc1cc(NC(C)C(CC)CC)ncn1. The second-order valence-electron chi connectivity index (χ2n) is 4.60. The highest BCUT2D eigenvalue weighted by molar-refractivity contribution is 5.38. The monoisotopic (exact) mass is 251 g/mol. The van der Waals surface area contributed by atoms with Crippen LogP contribution in [-0.4, -0.2) is 22.6 Å². The molecule has 1 aromatic rings. The lowest BCUT2D eigenvalue weighted by molar-refractivity contribution is 0.305. The van der Waals surface area contributed by atoms with Crippen LogP contribution in [0.4, 0.5) is 5.82 Å². The summed E-state index contributed by atoms with van der Waals surface area (Å²) in [6.45, 7) is 9.42. The molecule has 1 heterocycles. The van der Waals surface area contributed by atoms with E-state index in [9.17, 15) is 0 Å². The summed E-state index contributed by atoms with van der Waals surface area (Å²) in [5.74, 6) is 2.15. The lowest BCUT2D eigenvalue weighted by atomic mass is 9.95. The average molecular weight is 251 g/mol. The van der Waals surface area contributed by atoms with E-state index in [-0.39, 0.29) is 0 Å². The van der Waals surface area contributed by atoms with Crippen molar-refractivity contribution in [3.05, 3.63) is 12.4 Å². The first kappa shape index (κ1) is 14.7. The smallest absolute Gasteiger partial charge is 0.218 e. The largest absolute Gasteiger partial charge is 0.478 e. The summed E-state index contributed by atoms with van der Waals surface area (Å²) in [5.41, 5.74) is 0. The molecule has 4 nitrogen and oxygen atoms in total. The lowest BCUT2D eigenvalue weighted by Crippen LogP contribution is -2.25. The molecule has 1 rings (SSSR count). The number of nitrogens with zero attached hydrogens (tertiary/aromatic N) is 2. The molecule has 0 spiro atoms. The topological polar surface area (TPSA) is 47.0 Å². The molecular weight excluding hydrogens is 226 g/mol. The van der Waals surface area contributed by atoms with Gasteiger partial charge in [-0.05, 0) is 19.3 Å². The molecule has 0 aromatic carbocycles. The van der Waals surface area contributed by atoms with Crippen molar-refractivity contribution in [3.8, 4) is 5.88 Å². The maximum atomic E-state index is 5.50. The second kappa shape index (κ2) is 7.90. The van der Waals surface area contributed by atoms with Crippen molar-refractivity contribution in [1.29, 1.82) is 0 Å². The molecule has 0 fully saturated rings. The van der Waals surface area contributed by atoms with E-state index >= 15 is 0 Å². The van der Waals surface area contributed by atoms with Crippen molar-refractivity contribution < 1.29 is 4.74 Å². The van der Waals surface area contributed by atoms with Gasteiger partial charge in [-0.2, -0.15) is 0 Å². The van der Waals surface area contributed by atoms with Gasteiger partial charge < -0.3 is 10.1 Å². The first-order valence-electron chi connectivity index (χ1n) is 6.92. The summed E-state index contributed by atoms with van der Waals surface area (Å²) in [4.78, 5) is 8.33. The highest BCUT2D eigenvalue weighted by atomic mass is 16.5. The number of hydrogen-bond acceptors (Lipinski definition) is 4. The highest BCUT2D eigenvalue weighted by Crippen LogP contribution is 2.18. The van der Waals surface area contributed by atoms with Crippen molar-refractivity contribution in [3.63, 3.8) is 0 Å². The molecule has 102 valence electrons. The zero-order valence-corrected chi connectivity index (χ0v) is 11.9. The third-order valence-corrected chi connectivity index (χ3v) is 3.23. The van der Waals surface area contributed by atoms with Crippen LogP contribution in [0.25, 0.3) is 0 Å². The number of ether oxygens (including phenoxy) is 1. The van der Waals surface area contributed by atoms with Crippen LogP contribution in [0.2, 0.25) is 0 Å². The number of hydrogen-bond donors (Lipinski definition) is 1. The van der Waals surface area contributed by atoms with Crippen molar-refractivity contribution >= 4 is 5.82 Å². The van der Waals surface area contributed by atoms with Gasteiger partial charge >= 0.3 is 0 Å². The molecule has 0 aliphatic carbocycles. The van der Waals surface area contributed by atoms with Gasteiger partial charge in [-0.3, -0.25) is 0 Å². The Morgan fingerprint density at radius 3 is 2.56 bits per heavy atom. The van der Waals surface area contributed by atoms with E-state index < -0.39 is 0 Å². The molecule has 1 unspecified atom stereocenters. The molecule has 4 heteroatoms. The third-order valence-electron chi connectivity index (χ3n) is 3.23. The van der Waals surface area contributed by atoms with Crippen LogP contribution in [0.15, 0.2) is 12.4 Å².